The lowest BCUT2D eigenvalue weighted by Crippen LogP contribution is -2.07. The summed E-state index contributed by atoms with van der Waals surface area (Å²) in [6.45, 7) is 1.10. The smallest absolute Gasteiger partial charge is 0.128 e. The van der Waals surface area contributed by atoms with Crippen LogP contribution in [-0.4, -0.2) is 9.78 Å². The average molecular weight is 229 g/mol. The molecule has 0 N–H and O–H groups in total. The lowest BCUT2D eigenvalue weighted by atomic mass is 10.1. The molecule has 0 spiro atoms. The highest BCUT2D eigenvalue weighted by molar-refractivity contribution is 9.10. The van der Waals surface area contributed by atoms with Gasteiger partial charge in [0.2, 0.25) is 0 Å². The minimum Gasteiger partial charge on any atom is -0.271 e. The highest BCUT2D eigenvalue weighted by Gasteiger charge is 2.15. The maximum Gasteiger partial charge on any atom is 0.128 e. The van der Waals surface area contributed by atoms with E-state index in [0.717, 1.165) is 17.1 Å². The van der Waals surface area contributed by atoms with Gasteiger partial charge in [0.05, 0.1) is 0 Å². The molecule has 1 aromatic heterocycles. The van der Waals surface area contributed by atoms with E-state index in [4.69, 9.17) is 0 Å². The molecule has 1 aromatic rings. The van der Waals surface area contributed by atoms with Crippen LogP contribution in [0.15, 0.2) is 16.9 Å². The first-order chi connectivity index (χ1) is 5.84. The summed E-state index contributed by atoms with van der Waals surface area (Å²) in [5.41, 5.74) is 0. The number of aromatic nitrogens is 2. The molecule has 1 saturated carbocycles. The Morgan fingerprint density at radius 3 is 2.83 bits per heavy atom. The summed E-state index contributed by atoms with van der Waals surface area (Å²) in [7, 11) is 0. The minimum atomic E-state index is 0.872. The van der Waals surface area contributed by atoms with E-state index in [-0.39, 0.29) is 0 Å². The molecule has 1 heterocycles. The number of hydrogen-bond donors (Lipinski definition) is 0. The van der Waals surface area contributed by atoms with Gasteiger partial charge < -0.3 is 0 Å². The van der Waals surface area contributed by atoms with Crippen LogP contribution in [0.25, 0.3) is 0 Å². The Balaban J connectivity index is 1.94. The Morgan fingerprint density at radius 2 is 2.25 bits per heavy atom. The normalized spacial score (nSPS) is 18.8. The van der Waals surface area contributed by atoms with E-state index in [9.17, 15) is 0 Å². The SMILES string of the molecule is Brc1ccn(CC2CCCC2)n1. The summed E-state index contributed by atoms with van der Waals surface area (Å²) in [6.07, 6.45) is 7.64. The van der Waals surface area contributed by atoms with Gasteiger partial charge in [0.25, 0.3) is 0 Å². The van der Waals surface area contributed by atoms with E-state index < -0.39 is 0 Å². The summed E-state index contributed by atoms with van der Waals surface area (Å²) in [5, 5.41) is 4.31. The largest absolute Gasteiger partial charge is 0.271 e. The van der Waals surface area contributed by atoms with E-state index in [1.165, 1.54) is 25.7 Å². The fraction of sp³-hybridized carbons (Fsp3) is 0.667. The topological polar surface area (TPSA) is 17.8 Å². The summed E-state index contributed by atoms with van der Waals surface area (Å²) in [5.74, 6) is 0.872. The Bertz CT molecular complexity index is 251. The molecule has 2 rings (SSSR count). The molecule has 0 radical (unpaired) electrons. The van der Waals surface area contributed by atoms with Crippen molar-refractivity contribution in [1.82, 2.24) is 9.78 Å². The van der Waals surface area contributed by atoms with Gasteiger partial charge >= 0.3 is 0 Å². The monoisotopic (exact) mass is 228 g/mol. The van der Waals surface area contributed by atoms with E-state index in [1.807, 2.05) is 16.9 Å². The first-order valence-electron chi connectivity index (χ1n) is 4.53. The van der Waals surface area contributed by atoms with Crippen molar-refractivity contribution in [3.63, 3.8) is 0 Å². The third kappa shape index (κ3) is 1.89. The van der Waals surface area contributed by atoms with Crippen LogP contribution in [0.2, 0.25) is 0 Å². The molecule has 0 amide bonds. The Morgan fingerprint density at radius 1 is 1.50 bits per heavy atom. The molecule has 0 aliphatic heterocycles. The number of hydrogen-bond acceptors (Lipinski definition) is 1. The van der Waals surface area contributed by atoms with Gasteiger partial charge in [0.15, 0.2) is 0 Å². The van der Waals surface area contributed by atoms with E-state index >= 15 is 0 Å². The maximum absolute atomic E-state index is 4.31. The molecule has 0 saturated heterocycles. The Labute approximate surface area is 81.1 Å². The van der Waals surface area contributed by atoms with Crippen LogP contribution in [0.4, 0.5) is 0 Å². The van der Waals surface area contributed by atoms with Crippen molar-refractivity contribution in [3.05, 3.63) is 16.9 Å². The molecule has 1 fully saturated rings. The molecule has 0 aromatic carbocycles. The second kappa shape index (κ2) is 3.60. The fourth-order valence-electron chi connectivity index (χ4n) is 1.90. The van der Waals surface area contributed by atoms with E-state index in [1.54, 1.807) is 0 Å². The van der Waals surface area contributed by atoms with Crippen LogP contribution in [-0.2, 0) is 6.54 Å². The fourth-order valence-corrected chi connectivity index (χ4v) is 2.22. The zero-order chi connectivity index (χ0) is 8.39. The number of rotatable bonds is 2. The quantitative estimate of drug-likeness (QED) is 0.762. The standard InChI is InChI=1S/C9H13BrN2/c10-9-5-6-12(11-9)7-8-3-1-2-4-8/h5-6,8H,1-4,7H2. The summed E-state index contributed by atoms with van der Waals surface area (Å²) in [4.78, 5) is 0. The van der Waals surface area contributed by atoms with Gasteiger partial charge in [-0.2, -0.15) is 5.10 Å². The molecule has 12 heavy (non-hydrogen) atoms. The summed E-state index contributed by atoms with van der Waals surface area (Å²) in [6, 6.07) is 1.99. The lowest BCUT2D eigenvalue weighted by Gasteiger charge is -2.07. The molecular weight excluding hydrogens is 216 g/mol. The van der Waals surface area contributed by atoms with Gasteiger partial charge in [-0.15, -0.1) is 0 Å². The van der Waals surface area contributed by atoms with Gasteiger partial charge in [0, 0.05) is 12.7 Å². The zero-order valence-electron chi connectivity index (χ0n) is 7.04. The van der Waals surface area contributed by atoms with Crippen molar-refractivity contribution in [2.45, 2.75) is 32.2 Å². The number of halogens is 1. The molecule has 0 atom stereocenters. The molecule has 2 nitrogen and oxygen atoms in total. The lowest BCUT2D eigenvalue weighted by molar-refractivity contribution is 0.428. The van der Waals surface area contributed by atoms with Crippen LogP contribution in [0.3, 0.4) is 0 Å². The van der Waals surface area contributed by atoms with Crippen LogP contribution in [0.1, 0.15) is 25.7 Å². The van der Waals surface area contributed by atoms with Crippen molar-refractivity contribution in [2.24, 2.45) is 5.92 Å². The third-order valence-corrected chi connectivity index (χ3v) is 2.95. The van der Waals surface area contributed by atoms with Crippen molar-refractivity contribution >= 4 is 15.9 Å². The molecular formula is C9H13BrN2. The molecule has 0 unspecified atom stereocenters. The summed E-state index contributed by atoms with van der Waals surface area (Å²) < 4.78 is 2.99. The van der Waals surface area contributed by atoms with Crippen molar-refractivity contribution in [1.29, 1.82) is 0 Å². The predicted octanol–water partition coefficient (Wildman–Crippen LogP) is 2.84. The van der Waals surface area contributed by atoms with Gasteiger partial charge in [-0.1, -0.05) is 12.8 Å². The van der Waals surface area contributed by atoms with Crippen molar-refractivity contribution in [3.8, 4) is 0 Å². The third-order valence-electron chi connectivity index (χ3n) is 2.53. The highest BCUT2D eigenvalue weighted by Crippen LogP contribution is 2.25. The second-order valence-corrected chi connectivity index (χ2v) is 4.32. The predicted molar refractivity (Wildman–Crippen MR) is 51.9 cm³/mol. The first kappa shape index (κ1) is 8.30. The van der Waals surface area contributed by atoms with E-state index in [2.05, 4.69) is 21.0 Å². The Hall–Kier alpha value is -0.310. The average Bonchev–Trinajstić information content (AvgIpc) is 2.63. The van der Waals surface area contributed by atoms with Crippen LogP contribution < -0.4 is 0 Å². The van der Waals surface area contributed by atoms with Gasteiger partial charge in [0.1, 0.15) is 4.60 Å². The zero-order valence-corrected chi connectivity index (χ0v) is 8.63. The van der Waals surface area contributed by atoms with Crippen LogP contribution in [0.5, 0.6) is 0 Å². The highest BCUT2D eigenvalue weighted by atomic mass is 79.9. The van der Waals surface area contributed by atoms with E-state index in [0.29, 0.717) is 0 Å². The van der Waals surface area contributed by atoms with Crippen molar-refractivity contribution < 1.29 is 0 Å². The maximum atomic E-state index is 4.31. The van der Waals surface area contributed by atoms with Crippen LogP contribution in [0, 0.1) is 5.92 Å². The molecule has 1 aliphatic rings. The van der Waals surface area contributed by atoms with Gasteiger partial charge in [-0.3, -0.25) is 4.68 Å². The van der Waals surface area contributed by atoms with Gasteiger partial charge in [-0.25, -0.2) is 0 Å². The molecule has 1 aliphatic carbocycles. The number of nitrogens with zero attached hydrogens (tertiary/aromatic N) is 2. The molecule has 3 heteroatoms. The first-order valence-corrected chi connectivity index (χ1v) is 5.33. The van der Waals surface area contributed by atoms with Crippen LogP contribution >= 0.6 is 15.9 Å². The second-order valence-electron chi connectivity index (χ2n) is 3.51. The van der Waals surface area contributed by atoms with Crippen molar-refractivity contribution in [2.75, 3.05) is 0 Å². The Kier molecular flexibility index (Phi) is 2.49. The minimum absolute atomic E-state index is 0.872. The molecule has 0 bridgehead atoms. The van der Waals surface area contributed by atoms with Gasteiger partial charge in [-0.05, 0) is 40.8 Å². The summed E-state index contributed by atoms with van der Waals surface area (Å²) >= 11 is 3.35. The molecule has 66 valence electrons.